The summed E-state index contributed by atoms with van der Waals surface area (Å²) in [5.41, 5.74) is 8.17. The van der Waals surface area contributed by atoms with Gasteiger partial charge in [0.15, 0.2) is 0 Å². The SMILES string of the molecule is CC(C)c1cc(N(C)c2ccccc2C(=N)N)ncn1. The average Bonchev–Trinajstić information content (AvgIpc) is 2.46. The van der Waals surface area contributed by atoms with E-state index in [0.717, 1.165) is 17.2 Å². The first-order chi connectivity index (χ1) is 9.50. The quantitative estimate of drug-likeness (QED) is 0.660. The van der Waals surface area contributed by atoms with Crippen LogP contribution in [0.4, 0.5) is 11.5 Å². The molecular formula is C15H19N5. The highest BCUT2D eigenvalue weighted by Crippen LogP contribution is 2.26. The van der Waals surface area contributed by atoms with E-state index in [4.69, 9.17) is 11.1 Å². The van der Waals surface area contributed by atoms with Gasteiger partial charge in [0.2, 0.25) is 0 Å². The first-order valence-corrected chi connectivity index (χ1v) is 6.49. The number of hydrogen-bond donors (Lipinski definition) is 2. The molecule has 104 valence electrons. The number of nitrogens with one attached hydrogen (secondary N) is 1. The summed E-state index contributed by atoms with van der Waals surface area (Å²) in [6.07, 6.45) is 1.57. The summed E-state index contributed by atoms with van der Waals surface area (Å²) in [7, 11) is 1.91. The second-order valence-electron chi connectivity index (χ2n) is 4.95. The van der Waals surface area contributed by atoms with Gasteiger partial charge in [0.25, 0.3) is 0 Å². The van der Waals surface area contributed by atoms with Crippen molar-refractivity contribution in [3.8, 4) is 0 Å². The minimum Gasteiger partial charge on any atom is -0.384 e. The molecule has 1 heterocycles. The van der Waals surface area contributed by atoms with Crippen molar-refractivity contribution in [2.75, 3.05) is 11.9 Å². The molecule has 0 radical (unpaired) electrons. The molecule has 0 aliphatic rings. The van der Waals surface area contributed by atoms with Crippen LogP contribution in [0.3, 0.4) is 0 Å². The van der Waals surface area contributed by atoms with Gasteiger partial charge in [-0.3, -0.25) is 5.41 Å². The van der Waals surface area contributed by atoms with Crippen LogP contribution in [0.25, 0.3) is 0 Å². The number of amidine groups is 1. The normalized spacial score (nSPS) is 10.6. The fourth-order valence-corrected chi connectivity index (χ4v) is 1.98. The molecule has 0 aliphatic heterocycles. The molecule has 0 atom stereocenters. The number of nitrogen functional groups attached to an aromatic ring is 1. The zero-order valence-electron chi connectivity index (χ0n) is 12.0. The van der Waals surface area contributed by atoms with E-state index in [9.17, 15) is 0 Å². The molecule has 0 aliphatic carbocycles. The molecule has 3 N–H and O–H groups in total. The summed E-state index contributed by atoms with van der Waals surface area (Å²) < 4.78 is 0. The smallest absolute Gasteiger partial charge is 0.136 e. The van der Waals surface area contributed by atoms with E-state index in [1.54, 1.807) is 6.33 Å². The maximum absolute atomic E-state index is 7.66. The third kappa shape index (κ3) is 2.77. The molecule has 0 amide bonds. The molecule has 0 saturated heterocycles. The van der Waals surface area contributed by atoms with Gasteiger partial charge in [-0.15, -0.1) is 0 Å². The number of hydrogen-bond acceptors (Lipinski definition) is 4. The molecule has 5 heteroatoms. The molecule has 1 aromatic carbocycles. The highest BCUT2D eigenvalue weighted by molar-refractivity contribution is 6.01. The average molecular weight is 269 g/mol. The first-order valence-electron chi connectivity index (χ1n) is 6.49. The van der Waals surface area contributed by atoms with E-state index < -0.39 is 0 Å². The predicted molar refractivity (Wildman–Crippen MR) is 81.6 cm³/mol. The van der Waals surface area contributed by atoms with Gasteiger partial charge in [-0.05, 0) is 18.1 Å². The molecule has 1 aromatic heterocycles. The van der Waals surface area contributed by atoms with E-state index in [1.165, 1.54) is 0 Å². The molecule has 0 fully saturated rings. The van der Waals surface area contributed by atoms with Crippen molar-refractivity contribution in [3.63, 3.8) is 0 Å². The third-order valence-electron chi connectivity index (χ3n) is 3.16. The van der Waals surface area contributed by atoms with Crippen LogP contribution in [0.1, 0.15) is 31.0 Å². The van der Waals surface area contributed by atoms with Crippen molar-refractivity contribution in [1.29, 1.82) is 5.41 Å². The molecule has 2 rings (SSSR count). The predicted octanol–water partition coefficient (Wildman–Crippen LogP) is 2.65. The number of rotatable bonds is 4. The van der Waals surface area contributed by atoms with Gasteiger partial charge in [-0.25, -0.2) is 9.97 Å². The van der Waals surface area contributed by atoms with Crippen LogP contribution in [0, 0.1) is 5.41 Å². The van der Waals surface area contributed by atoms with Crippen LogP contribution in [0.15, 0.2) is 36.7 Å². The first kappa shape index (κ1) is 14.0. The van der Waals surface area contributed by atoms with Crippen LogP contribution in [0.5, 0.6) is 0 Å². The summed E-state index contributed by atoms with van der Waals surface area (Å²) in [4.78, 5) is 10.5. The molecule has 2 aromatic rings. The van der Waals surface area contributed by atoms with Gasteiger partial charge in [-0.1, -0.05) is 26.0 Å². The van der Waals surface area contributed by atoms with Gasteiger partial charge in [-0.2, -0.15) is 0 Å². The van der Waals surface area contributed by atoms with Crippen molar-refractivity contribution in [2.45, 2.75) is 19.8 Å². The summed E-state index contributed by atoms with van der Waals surface area (Å²) in [5.74, 6) is 1.18. The molecule has 0 spiro atoms. The molecular weight excluding hydrogens is 250 g/mol. The summed E-state index contributed by atoms with van der Waals surface area (Å²) in [6.45, 7) is 4.19. The molecule has 5 nitrogen and oxygen atoms in total. The second kappa shape index (κ2) is 5.69. The lowest BCUT2D eigenvalue weighted by Crippen LogP contribution is -2.19. The van der Waals surface area contributed by atoms with Crippen LogP contribution in [-0.2, 0) is 0 Å². The maximum atomic E-state index is 7.66. The lowest BCUT2D eigenvalue weighted by Gasteiger charge is -2.21. The minimum atomic E-state index is 0.0468. The summed E-state index contributed by atoms with van der Waals surface area (Å²) in [6, 6.07) is 9.50. The second-order valence-corrected chi connectivity index (χ2v) is 4.95. The molecule has 0 bridgehead atoms. The van der Waals surface area contributed by atoms with Gasteiger partial charge in [0.1, 0.15) is 18.0 Å². The van der Waals surface area contributed by atoms with Crippen molar-refractivity contribution >= 4 is 17.3 Å². The zero-order valence-corrected chi connectivity index (χ0v) is 12.0. The zero-order chi connectivity index (χ0) is 14.7. The Kier molecular flexibility index (Phi) is 3.98. The third-order valence-corrected chi connectivity index (χ3v) is 3.16. The van der Waals surface area contributed by atoms with Gasteiger partial charge in [0.05, 0.1) is 5.69 Å². The lowest BCUT2D eigenvalue weighted by atomic mass is 10.1. The van der Waals surface area contributed by atoms with Crippen molar-refractivity contribution in [3.05, 3.63) is 47.9 Å². The highest BCUT2D eigenvalue weighted by Gasteiger charge is 2.13. The fourth-order valence-electron chi connectivity index (χ4n) is 1.98. The number of aromatic nitrogens is 2. The van der Waals surface area contributed by atoms with Gasteiger partial charge < -0.3 is 10.6 Å². The number of benzene rings is 1. The topological polar surface area (TPSA) is 78.9 Å². The van der Waals surface area contributed by atoms with Crippen molar-refractivity contribution in [1.82, 2.24) is 9.97 Å². The standard InChI is InChI=1S/C15H19N5/c1-10(2)12-8-14(19-9-18-12)20(3)13-7-5-4-6-11(13)15(16)17/h4-10H,1-3H3,(H3,16,17). The Labute approximate surface area is 119 Å². The minimum absolute atomic E-state index is 0.0468. The van der Waals surface area contributed by atoms with E-state index in [0.29, 0.717) is 11.5 Å². The monoisotopic (exact) mass is 269 g/mol. The van der Waals surface area contributed by atoms with Crippen LogP contribution in [-0.4, -0.2) is 22.9 Å². The van der Waals surface area contributed by atoms with E-state index >= 15 is 0 Å². The Bertz CT molecular complexity index is 621. The van der Waals surface area contributed by atoms with Crippen molar-refractivity contribution < 1.29 is 0 Å². The maximum Gasteiger partial charge on any atom is 0.136 e. The molecule has 20 heavy (non-hydrogen) atoms. The highest BCUT2D eigenvalue weighted by atomic mass is 15.2. The summed E-state index contributed by atoms with van der Waals surface area (Å²) in [5, 5.41) is 7.66. The van der Waals surface area contributed by atoms with Gasteiger partial charge in [0, 0.05) is 24.4 Å². The Morgan fingerprint density at radius 2 is 1.95 bits per heavy atom. The summed E-state index contributed by atoms with van der Waals surface area (Å²) >= 11 is 0. The lowest BCUT2D eigenvalue weighted by molar-refractivity contribution is 0.812. The van der Waals surface area contributed by atoms with E-state index in [1.807, 2.05) is 42.3 Å². The molecule has 0 unspecified atom stereocenters. The van der Waals surface area contributed by atoms with Gasteiger partial charge >= 0.3 is 0 Å². The van der Waals surface area contributed by atoms with Crippen molar-refractivity contribution in [2.24, 2.45) is 5.73 Å². The Hall–Kier alpha value is -2.43. The number of anilines is 2. The largest absolute Gasteiger partial charge is 0.384 e. The van der Waals surface area contributed by atoms with Crippen LogP contribution >= 0.6 is 0 Å². The Morgan fingerprint density at radius 1 is 1.25 bits per heavy atom. The van der Waals surface area contributed by atoms with E-state index in [-0.39, 0.29) is 5.84 Å². The number of para-hydroxylation sites is 1. The van der Waals surface area contributed by atoms with E-state index in [2.05, 4.69) is 23.8 Å². The molecule has 0 saturated carbocycles. The number of nitrogens with two attached hydrogens (primary N) is 1. The van der Waals surface area contributed by atoms with Crippen LogP contribution in [0.2, 0.25) is 0 Å². The number of nitrogens with zero attached hydrogens (tertiary/aromatic N) is 3. The fraction of sp³-hybridized carbons (Fsp3) is 0.267. The van der Waals surface area contributed by atoms with Crippen LogP contribution < -0.4 is 10.6 Å². The Morgan fingerprint density at radius 3 is 2.60 bits per heavy atom. The Balaban J connectivity index is 2.44.